The van der Waals surface area contributed by atoms with Crippen LogP contribution in [0.25, 0.3) is 6.08 Å². The number of carbonyl (C=O) groups is 1. The van der Waals surface area contributed by atoms with Gasteiger partial charge in [0, 0.05) is 16.1 Å². The second kappa shape index (κ2) is 9.23. The lowest BCUT2D eigenvalue weighted by atomic mass is 9.87. The molecule has 0 radical (unpaired) electrons. The van der Waals surface area contributed by atoms with Crippen molar-refractivity contribution in [1.82, 2.24) is 0 Å². The van der Waals surface area contributed by atoms with Crippen molar-refractivity contribution in [3.05, 3.63) is 69.7 Å². The van der Waals surface area contributed by atoms with E-state index in [-0.39, 0.29) is 17.5 Å². The number of esters is 1. The van der Waals surface area contributed by atoms with Gasteiger partial charge in [-0.3, -0.25) is 0 Å². The summed E-state index contributed by atoms with van der Waals surface area (Å²) in [6, 6.07) is 14.2. The molecule has 144 valence electrons. The minimum absolute atomic E-state index is 0.133. The molecule has 0 aromatic heterocycles. The van der Waals surface area contributed by atoms with E-state index in [2.05, 4.69) is 61.0 Å². The second-order valence-electron chi connectivity index (χ2n) is 7.74. The van der Waals surface area contributed by atoms with E-state index in [4.69, 9.17) is 9.47 Å². The zero-order chi connectivity index (χ0) is 20.0. The number of hydrogen-bond acceptors (Lipinski definition) is 3. The monoisotopic (exact) mass is 430 g/mol. The van der Waals surface area contributed by atoms with Crippen LogP contribution >= 0.6 is 15.9 Å². The summed E-state index contributed by atoms with van der Waals surface area (Å²) >= 11 is 3.46. The first kappa shape index (κ1) is 21.2. The largest absolute Gasteiger partial charge is 0.488 e. The normalized spacial score (nSPS) is 11.8. The maximum atomic E-state index is 11.8. The molecule has 27 heavy (non-hydrogen) atoms. The maximum absolute atomic E-state index is 11.8. The van der Waals surface area contributed by atoms with Gasteiger partial charge in [-0.15, -0.1) is 0 Å². The lowest BCUT2D eigenvalue weighted by Crippen LogP contribution is -2.10. The fraction of sp³-hybridized carbons (Fsp3) is 0.348. The van der Waals surface area contributed by atoms with Crippen LogP contribution in [-0.2, 0) is 21.6 Å². The van der Waals surface area contributed by atoms with Crippen molar-refractivity contribution in [3.63, 3.8) is 0 Å². The molecule has 0 heterocycles. The predicted molar refractivity (Wildman–Crippen MR) is 114 cm³/mol. The van der Waals surface area contributed by atoms with Gasteiger partial charge >= 0.3 is 5.97 Å². The quantitative estimate of drug-likeness (QED) is 0.398. The molecule has 0 aliphatic rings. The third-order valence-electron chi connectivity index (χ3n) is 3.94. The number of benzene rings is 2. The third-order valence-corrected chi connectivity index (χ3v) is 4.43. The van der Waals surface area contributed by atoms with E-state index in [1.807, 2.05) is 32.0 Å². The number of halogens is 1. The molecule has 3 nitrogen and oxygen atoms in total. The lowest BCUT2D eigenvalue weighted by molar-refractivity contribution is -0.141. The average Bonchev–Trinajstić information content (AvgIpc) is 2.58. The molecular weight excluding hydrogens is 404 g/mol. The molecule has 0 fully saturated rings. The van der Waals surface area contributed by atoms with E-state index in [9.17, 15) is 4.79 Å². The minimum Gasteiger partial charge on any atom is -0.488 e. The van der Waals surface area contributed by atoms with Crippen molar-refractivity contribution < 1.29 is 14.3 Å². The fourth-order valence-electron chi connectivity index (χ4n) is 2.47. The zero-order valence-electron chi connectivity index (χ0n) is 16.6. The summed E-state index contributed by atoms with van der Waals surface area (Å²) in [5.74, 6) is 0.348. The van der Waals surface area contributed by atoms with Crippen molar-refractivity contribution in [2.45, 2.75) is 52.7 Å². The van der Waals surface area contributed by atoms with Crippen molar-refractivity contribution in [2.24, 2.45) is 0 Å². The molecule has 2 rings (SSSR count). The van der Waals surface area contributed by atoms with Crippen LogP contribution in [0.2, 0.25) is 0 Å². The Labute approximate surface area is 170 Å². The van der Waals surface area contributed by atoms with Crippen LogP contribution in [0.5, 0.6) is 5.75 Å². The first-order chi connectivity index (χ1) is 12.6. The highest BCUT2D eigenvalue weighted by Crippen LogP contribution is 2.26. The lowest BCUT2D eigenvalue weighted by Gasteiger charge is -2.19. The molecular formula is C23H27BrO3. The highest BCUT2D eigenvalue weighted by Gasteiger charge is 2.13. The highest BCUT2D eigenvalue weighted by molar-refractivity contribution is 9.10. The molecule has 2 aromatic carbocycles. The molecule has 4 heteroatoms. The Morgan fingerprint density at radius 1 is 1.11 bits per heavy atom. The molecule has 0 atom stereocenters. The van der Waals surface area contributed by atoms with Crippen LogP contribution in [-0.4, -0.2) is 12.1 Å². The van der Waals surface area contributed by atoms with E-state index in [1.54, 1.807) is 6.08 Å². The van der Waals surface area contributed by atoms with Crippen LogP contribution in [0.3, 0.4) is 0 Å². The summed E-state index contributed by atoms with van der Waals surface area (Å²) < 4.78 is 12.0. The third kappa shape index (κ3) is 6.87. The molecule has 0 aliphatic heterocycles. The van der Waals surface area contributed by atoms with E-state index in [0.717, 1.165) is 15.6 Å². The summed E-state index contributed by atoms with van der Waals surface area (Å²) in [6.07, 6.45) is 3.00. The van der Waals surface area contributed by atoms with Crippen LogP contribution < -0.4 is 4.74 Å². The summed E-state index contributed by atoms with van der Waals surface area (Å²) in [5.41, 5.74) is 3.34. The first-order valence-corrected chi connectivity index (χ1v) is 9.85. The Hall–Kier alpha value is -2.07. The molecule has 0 saturated heterocycles. The van der Waals surface area contributed by atoms with Gasteiger partial charge in [-0.1, -0.05) is 61.0 Å². The molecule has 0 bridgehead atoms. The molecule has 0 N–H and O–H groups in total. The average molecular weight is 431 g/mol. The SMILES string of the molecule is CC(C)OC(=O)/C=C/c1cc(Br)ccc1OCc1ccc(C(C)(C)C)cc1. The van der Waals surface area contributed by atoms with Crippen LogP contribution in [0.4, 0.5) is 0 Å². The maximum Gasteiger partial charge on any atom is 0.331 e. The predicted octanol–water partition coefficient (Wildman–Crippen LogP) is 6.29. The van der Waals surface area contributed by atoms with Gasteiger partial charge in [0.1, 0.15) is 12.4 Å². The Bertz CT molecular complexity index is 799. The molecule has 0 saturated carbocycles. The summed E-state index contributed by atoms with van der Waals surface area (Å²) in [4.78, 5) is 11.8. The molecule has 0 amide bonds. The van der Waals surface area contributed by atoms with Crippen LogP contribution in [0, 0.1) is 0 Å². The molecule has 0 unspecified atom stereocenters. The van der Waals surface area contributed by atoms with Gasteiger partial charge in [0.15, 0.2) is 0 Å². The van der Waals surface area contributed by atoms with Gasteiger partial charge in [0.2, 0.25) is 0 Å². The molecule has 0 spiro atoms. The Balaban J connectivity index is 2.10. The molecule has 0 aliphatic carbocycles. The van der Waals surface area contributed by atoms with Gasteiger partial charge in [0.25, 0.3) is 0 Å². The summed E-state index contributed by atoms with van der Waals surface area (Å²) in [5, 5.41) is 0. The highest BCUT2D eigenvalue weighted by atomic mass is 79.9. The standard InChI is InChI=1S/C23H27BrO3/c1-16(2)27-22(25)13-8-18-14-20(24)11-12-21(18)26-15-17-6-9-19(10-7-17)23(3,4)5/h6-14,16H,15H2,1-5H3/b13-8+. The van der Waals surface area contributed by atoms with E-state index < -0.39 is 0 Å². The Morgan fingerprint density at radius 3 is 2.37 bits per heavy atom. The van der Waals surface area contributed by atoms with Crippen LogP contribution in [0.15, 0.2) is 53.0 Å². The number of carbonyl (C=O) groups excluding carboxylic acids is 1. The van der Waals surface area contributed by atoms with Gasteiger partial charge < -0.3 is 9.47 Å². The van der Waals surface area contributed by atoms with Crippen LogP contribution in [0.1, 0.15) is 51.3 Å². The number of rotatable bonds is 6. The summed E-state index contributed by atoms with van der Waals surface area (Å²) in [6.45, 7) is 10.7. The zero-order valence-corrected chi connectivity index (χ0v) is 18.2. The van der Waals surface area contributed by atoms with Gasteiger partial charge in [-0.25, -0.2) is 4.79 Å². The van der Waals surface area contributed by atoms with Crippen molar-refractivity contribution in [2.75, 3.05) is 0 Å². The van der Waals surface area contributed by atoms with Crippen molar-refractivity contribution in [3.8, 4) is 5.75 Å². The van der Waals surface area contributed by atoms with Crippen molar-refractivity contribution in [1.29, 1.82) is 0 Å². The van der Waals surface area contributed by atoms with E-state index in [0.29, 0.717) is 12.4 Å². The Kier molecular flexibility index (Phi) is 7.25. The number of ether oxygens (including phenoxy) is 2. The topological polar surface area (TPSA) is 35.5 Å². The smallest absolute Gasteiger partial charge is 0.331 e. The first-order valence-electron chi connectivity index (χ1n) is 9.05. The van der Waals surface area contributed by atoms with E-state index in [1.165, 1.54) is 11.6 Å². The van der Waals surface area contributed by atoms with E-state index >= 15 is 0 Å². The van der Waals surface area contributed by atoms with Gasteiger partial charge in [0.05, 0.1) is 6.10 Å². The molecule has 2 aromatic rings. The Morgan fingerprint density at radius 2 is 1.78 bits per heavy atom. The van der Waals surface area contributed by atoms with Crippen molar-refractivity contribution >= 4 is 28.0 Å². The second-order valence-corrected chi connectivity index (χ2v) is 8.65. The summed E-state index contributed by atoms with van der Waals surface area (Å²) in [7, 11) is 0. The fourth-order valence-corrected chi connectivity index (χ4v) is 2.85. The number of hydrogen-bond donors (Lipinski definition) is 0. The van der Waals surface area contributed by atoms with Gasteiger partial charge in [-0.2, -0.15) is 0 Å². The van der Waals surface area contributed by atoms with Gasteiger partial charge in [-0.05, 0) is 54.7 Å². The minimum atomic E-state index is -0.367.